The minimum absolute atomic E-state index is 0.834. The van der Waals surface area contributed by atoms with Gasteiger partial charge in [0, 0.05) is 26.7 Å². The van der Waals surface area contributed by atoms with Gasteiger partial charge in [-0.05, 0) is 50.9 Å². The highest BCUT2D eigenvalue weighted by Crippen LogP contribution is 2.49. The smallest absolute Gasteiger partial charge is 0.172 e. The first-order valence-electron chi connectivity index (χ1n) is 13.8. The van der Waals surface area contributed by atoms with Gasteiger partial charge in [0.1, 0.15) is 11.2 Å². The Kier molecular flexibility index (Phi) is 5.45. The zero-order valence-electron chi connectivity index (χ0n) is 22.2. The first-order valence-corrected chi connectivity index (χ1v) is 15.5. The molecule has 194 valence electrons. The van der Waals surface area contributed by atoms with Crippen LogP contribution in [0.15, 0.2) is 156 Å². The molecule has 0 radical (unpaired) electrons. The molecule has 7 aromatic carbocycles. The van der Waals surface area contributed by atoms with Crippen LogP contribution in [0.5, 0.6) is 0 Å². The molecule has 0 fully saturated rings. The van der Waals surface area contributed by atoms with E-state index in [0.717, 1.165) is 70.5 Å². The van der Waals surface area contributed by atoms with E-state index in [2.05, 4.69) is 72.8 Å². The first-order chi connectivity index (χ1) is 20.2. The zero-order chi connectivity index (χ0) is 27.4. The van der Waals surface area contributed by atoms with Gasteiger partial charge in [-0.2, -0.15) is 0 Å². The van der Waals surface area contributed by atoms with E-state index >= 15 is 4.57 Å². The molecule has 0 N–H and O–H groups in total. The van der Waals surface area contributed by atoms with E-state index in [0.29, 0.717) is 0 Å². The maximum absolute atomic E-state index is 15.8. The van der Waals surface area contributed by atoms with Crippen molar-refractivity contribution < 1.29 is 8.98 Å². The van der Waals surface area contributed by atoms with Gasteiger partial charge in [0.05, 0.1) is 0 Å². The molecule has 0 aliphatic carbocycles. The Balaban J connectivity index is 1.52. The van der Waals surface area contributed by atoms with Crippen LogP contribution in [-0.4, -0.2) is 0 Å². The summed E-state index contributed by atoms with van der Waals surface area (Å²) in [6, 6.07) is 51.4. The van der Waals surface area contributed by atoms with Gasteiger partial charge >= 0.3 is 0 Å². The van der Waals surface area contributed by atoms with E-state index in [-0.39, 0.29) is 0 Å². The van der Waals surface area contributed by atoms with Crippen LogP contribution in [0.1, 0.15) is 0 Å². The number of para-hydroxylation sites is 1. The summed E-state index contributed by atoms with van der Waals surface area (Å²) in [5.41, 5.74) is 4.01. The molecule has 0 aliphatic rings. The van der Waals surface area contributed by atoms with Crippen LogP contribution in [0.4, 0.5) is 0 Å². The second-order valence-corrected chi connectivity index (χ2v) is 13.1. The van der Waals surface area contributed by atoms with Crippen LogP contribution in [0, 0.1) is 0 Å². The summed E-state index contributed by atoms with van der Waals surface area (Å²) in [5.74, 6) is 0. The molecule has 0 unspecified atom stereocenters. The highest BCUT2D eigenvalue weighted by atomic mass is 31.2. The lowest BCUT2D eigenvalue weighted by Gasteiger charge is -2.25. The zero-order valence-corrected chi connectivity index (χ0v) is 23.1. The van der Waals surface area contributed by atoms with Crippen LogP contribution < -0.4 is 15.9 Å². The lowest BCUT2D eigenvalue weighted by molar-refractivity contribution is 0.593. The van der Waals surface area contributed by atoms with Crippen molar-refractivity contribution >= 4 is 66.5 Å². The maximum atomic E-state index is 15.8. The molecule has 0 saturated heterocycles. The van der Waals surface area contributed by atoms with Crippen molar-refractivity contribution in [2.45, 2.75) is 0 Å². The molecule has 0 bridgehead atoms. The Hall–Kier alpha value is -4.91. The van der Waals surface area contributed by atoms with Gasteiger partial charge in [-0.15, -0.1) is 0 Å². The monoisotopic (exact) mass is 544 g/mol. The molecule has 1 heterocycles. The molecule has 1 aromatic heterocycles. The molecule has 0 saturated carbocycles. The molecule has 0 spiro atoms. The van der Waals surface area contributed by atoms with Crippen molar-refractivity contribution in [1.29, 1.82) is 0 Å². The van der Waals surface area contributed by atoms with Gasteiger partial charge in [0.15, 0.2) is 7.14 Å². The predicted molar refractivity (Wildman–Crippen MR) is 174 cm³/mol. The Morgan fingerprint density at radius 3 is 1.46 bits per heavy atom. The number of rotatable bonds is 4. The van der Waals surface area contributed by atoms with Gasteiger partial charge in [0.2, 0.25) is 0 Å². The third-order valence-electron chi connectivity index (χ3n) is 8.12. The predicted octanol–water partition coefficient (Wildman–Crippen LogP) is 9.20. The van der Waals surface area contributed by atoms with Crippen LogP contribution in [0.3, 0.4) is 0 Å². The van der Waals surface area contributed by atoms with Crippen LogP contribution in [0.25, 0.3) is 54.6 Å². The van der Waals surface area contributed by atoms with Crippen molar-refractivity contribution in [1.82, 2.24) is 0 Å². The molecule has 8 rings (SSSR count). The standard InChI is InChI=1S/C38H25O2P/c39-41(27-13-3-1-4-14-27,28-15-5-2-6-16-28)38-32-20-9-7-18-30(32)37(31-19-8-10-21-33(31)38)26-23-24-36-34(25-26)29-17-11-12-22-35(29)40-36/h1-25H. The van der Waals surface area contributed by atoms with E-state index in [1.54, 1.807) is 0 Å². The summed E-state index contributed by atoms with van der Waals surface area (Å²) in [6.07, 6.45) is 0. The second-order valence-electron chi connectivity index (χ2n) is 10.4. The maximum Gasteiger partial charge on any atom is 0.172 e. The van der Waals surface area contributed by atoms with E-state index in [4.69, 9.17) is 4.42 Å². The molecule has 0 atom stereocenters. The third kappa shape index (κ3) is 3.62. The average molecular weight is 545 g/mol. The molecular formula is C38H25O2P. The largest absolute Gasteiger partial charge is 0.456 e. The highest BCUT2D eigenvalue weighted by molar-refractivity contribution is 7.86. The summed E-state index contributed by atoms with van der Waals surface area (Å²) in [5, 5.41) is 8.94. The van der Waals surface area contributed by atoms with Gasteiger partial charge in [0.25, 0.3) is 0 Å². The van der Waals surface area contributed by atoms with Crippen molar-refractivity contribution in [3.8, 4) is 11.1 Å². The summed E-state index contributed by atoms with van der Waals surface area (Å²) >= 11 is 0. The fraction of sp³-hybridized carbons (Fsp3) is 0. The molecule has 0 aliphatic heterocycles. The molecule has 0 amide bonds. The Labute approximate surface area is 237 Å². The summed E-state index contributed by atoms with van der Waals surface area (Å²) in [4.78, 5) is 0. The van der Waals surface area contributed by atoms with Crippen LogP contribution >= 0.6 is 7.14 Å². The number of hydrogen-bond donors (Lipinski definition) is 0. The summed E-state index contributed by atoms with van der Waals surface area (Å²) < 4.78 is 21.9. The minimum Gasteiger partial charge on any atom is -0.456 e. The molecular weight excluding hydrogens is 519 g/mol. The Morgan fingerprint density at radius 1 is 0.415 bits per heavy atom. The second kappa shape index (κ2) is 9.34. The van der Waals surface area contributed by atoms with Crippen LogP contribution in [-0.2, 0) is 4.57 Å². The third-order valence-corrected chi connectivity index (χ3v) is 11.3. The van der Waals surface area contributed by atoms with Gasteiger partial charge in [-0.3, -0.25) is 0 Å². The van der Waals surface area contributed by atoms with Crippen molar-refractivity contribution in [2.75, 3.05) is 0 Å². The van der Waals surface area contributed by atoms with Crippen molar-refractivity contribution in [3.63, 3.8) is 0 Å². The fourth-order valence-electron chi connectivity index (χ4n) is 6.32. The number of hydrogen-bond acceptors (Lipinski definition) is 2. The summed E-state index contributed by atoms with van der Waals surface area (Å²) in [7, 11) is -3.26. The topological polar surface area (TPSA) is 30.2 Å². The SMILES string of the molecule is O=P(c1ccccc1)(c1ccccc1)c1c2ccccc2c(-c2ccc3oc4ccccc4c3c2)c2ccccc12. The summed E-state index contributed by atoms with van der Waals surface area (Å²) in [6.45, 7) is 0. The molecule has 41 heavy (non-hydrogen) atoms. The van der Waals surface area contributed by atoms with E-state index in [1.165, 1.54) is 0 Å². The average Bonchev–Trinajstić information content (AvgIpc) is 3.42. The van der Waals surface area contributed by atoms with E-state index < -0.39 is 7.14 Å². The van der Waals surface area contributed by atoms with E-state index in [9.17, 15) is 0 Å². The normalized spacial score (nSPS) is 12.0. The number of fused-ring (bicyclic) bond motifs is 5. The highest BCUT2D eigenvalue weighted by Gasteiger charge is 2.34. The Morgan fingerprint density at radius 2 is 0.878 bits per heavy atom. The Bertz CT molecular complexity index is 2180. The van der Waals surface area contributed by atoms with Crippen LogP contribution in [0.2, 0.25) is 0 Å². The first kappa shape index (κ1) is 23.9. The molecule has 8 aromatic rings. The lowest BCUT2D eigenvalue weighted by atomic mass is 9.91. The number of furan rings is 1. The van der Waals surface area contributed by atoms with E-state index in [1.807, 2.05) is 78.9 Å². The van der Waals surface area contributed by atoms with Crippen molar-refractivity contribution in [2.24, 2.45) is 0 Å². The van der Waals surface area contributed by atoms with Crippen molar-refractivity contribution in [3.05, 3.63) is 152 Å². The number of benzene rings is 7. The van der Waals surface area contributed by atoms with Gasteiger partial charge in [-0.1, -0.05) is 133 Å². The molecule has 2 nitrogen and oxygen atoms in total. The lowest BCUT2D eigenvalue weighted by Crippen LogP contribution is -2.26. The fourth-order valence-corrected chi connectivity index (χ4v) is 9.39. The quantitative estimate of drug-likeness (QED) is 0.163. The molecule has 3 heteroatoms. The van der Waals surface area contributed by atoms with Gasteiger partial charge in [-0.25, -0.2) is 0 Å². The van der Waals surface area contributed by atoms with Gasteiger partial charge < -0.3 is 8.98 Å². The minimum atomic E-state index is -3.26.